The van der Waals surface area contributed by atoms with Crippen LogP contribution in [0, 0.1) is 34.0 Å². The highest BCUT2D eigenvalue weighted by atomic mass is 15.0. The van der Waals surface area contributed by atoms with Crippen LogP contribution in [-0.4, -0.2) is 4.57 Å². The quantitative estimate of drug-likeness (QED) is 0.166. The van der Waals surface area contributed by atoms with Crippen molar-refractivity contribution in [2.45, 2.75) is 0 Å². The molecule has 57 heavy (non-hydrogen) atoms. The molecule has 1 aromatic heterocycles. The summed E-state index contributed by atoms with van der Waals surface area (Å²) in [5, 5.41) is 36.2. The Bertz CT molecular complexity index is 3240. The standard InChI is InChI=1S/C53H30N4/c54-31-34-17-25-49-47(27-34)48-28-35(32-55)18-26-50(48)57(49)51-30-40(23-24-42(51)33-56)37-21-19-36(20-22-37)39-11-8-12-41(29-39)53-45-15-6-4-13-43(45)52(38-9-2-1-3-10-38)44-14-5-7-16-46(44)53/h1-30H. The maximum Gasteiger partial charge on any atom is 0.101 e. The zero-order valence-corrected chi connectivity index (χ0v) is 30.6. The van der Waals surface area contributed by atoms with E-state index in [4.69, 9.17) is 0 Å². The van der Waals surface area contributed by atoms with Crippen LogP contribution in [0.5, 0.6) is 0 Å². The van der Waals surface area contributed by atoms with E-state index < -0.39 is 0 Å². The third-order valence-electron chi connectivity index (χ3n) is 11.1. The summed E-state index contributed by atoms with van der Waals surface area (Å²) in [5.74, 6) is 0. The smallest absolute Gasteiger partial charge is 0.101 e. The second-order valence-electron chi connectivity index (χ2n) is 14.2. The molecule has 262 valence electrons. The van der Waals surface area contributed by atoms with Gasteiger partial charge in [-0.2, -0.15) is 15.8 Å². The first-order valence-electron chi connectivity index (χ1n) is 18.8. The molecule has 0 spiro atoms. The van der Waals surface area contributed by atoms with Crippen molar-refractivity contribution in [2.24, 2.45) is 0 Å². The molecule has 0 fully saturated rings. The van der Waals surface area contributed by atoms with Gasteiger partial charge < -0.3 is 4.57 Å². The zero-order chi connectivity index (χ0) is 38.5. The number of nitriles is 3. The molecule has 10 rings (SSSR count). The minimum Gasteiger partial charge on any atom is -0.308 e. The van der Waals surface area contributed by atoms with Crippen LogP contribution in [0.4, 0.5) is 0 Å². The predicted octanol–water partition coefficient (Wildman–Crippen LogP) is 13.4. The Hall–Kier alpha value is -8.23. The molecule has 0 atom stereocenters. The van der Waals surface area contributed by atoms with Gasteiger partial charge in [-0.1, -0.05) is 127 Å². The van der Waals surface area contributed by atoms with Gasteiger partial charge >= 0.3 is 0 Å². The fourth-order valence-corrected chi connectivity index (χ4v) is 8.48. The van der Waals surface area contributed by atoms with E-state index in [-0.39, 0.29) is 0 Å². The second-order valence-corrected chi connectivity index (χ2v) is 14.2. The van der Waals surface area contributed by atoms with E-state index in [9.17, 15) is 15.8 Å². The van der Waals surface area contributed by atoms with Crippen molar-refractivity contribution in [1.82, 2.24) is 4.57 Å². The van der Waals surface area contributed by atoms with Gasteiger partial charge in [-0.3, -0.25) is 0 Å². The van der Waals surface area contributed by atoms with Crippen LogP contribution in [0.3, 0.4) is 0 Å². The normalized spacial score (nSPS) is 11.1. The van der Waals surface area contributed by atoms with Crippen LogP contribution in [0.15, 0.2) is 182 Å². The Morgan fingerprint density at radius 3 is 1.30 bits per heavy atom. The van der Waals surface area contributed by atoms with E-state index in [1.54, 1.807) is 12.1 Å². The first-order chi connectivity index (χ1) is 28.1. The number of rotatable bonds is 5. The number of fused-ring (bicyclic) bond motifs is 5. The first-order valence-corrected chi connectivity index (χ1v) is 18.8. The number of hydrogen-bond acceptors (Lipinski definition) is 3. The monoisotopic (exact) mass is 722 g/mol. The van der Waals surface area contributed by atoms with Crippen molar-refractivity contribution in [3.63, 3.8) is 0 Å². The molecule has 0 radical (unpaired) electrons. The Labute approximate surface area is 329 Å². The maximum atomic E-state index is 10.3. The molecule has 0 bridgehead atoms. The van der Waals surface area contributed by atoms with Crippen molar-refractivity contribution >= 4 is 43.4 Å². The molecule has 0 aliphatic carbocycles. The highest BCUT2D eigenvalue weighted by molar-refractivity contribution is 6.21. The summed E-state index contributed by atoms with van der Waals surface area (Å²) >= 11 is 0. The maximum absolute atomic E-state index is 10.3. The predicted molar refractivity (Wildman–Crippen MR) is 232 cm³/mol. The van der Waals surface area contributed by atoms with Crippen LogP contribution in [0.25, 0.3) is 93.5 Å². The van der Waals surface area contributed by atoms with Crippen LogP contribution in [-0.2, 0) is 0 Å². The molecular formula is C53H30N4. The van der Waals surface area contributed by atoms with Crippen molar-refractivity contribution < 1.29 is 0 Å². The Kier molecular flexibility index (Phi) is 7.94. The lowest BCUT2D eigenvalue weighted by Crippen LogP contribution is -1.98. The molecule has 4 nitrogen and oxygen atoms in total. The number of aromatic nitrogens is 1. The third-order valence-corrected chi connectivity index (χ3v) is 11.1. The summed E-state index contributed by atoms with van der Waals surface area (Å²) in [4.78, 5) is 0. The van der Waals surface area contributed by atoms with E-state index in [0.717, 1.165) is 55.3 Å². The molecule has 4 heteroatoms. The van der Waals surface area contributed by atoms with Gasteiger partial charge in [0.15, 0.2) is 0 Å². The Morgan fingerprint density at radius 1 is 0.316 bits per heavy atom. The Morgan fingerprint density at radius 2 is 0.772 bits per heavy atom. The molecule has 1 heterocycles. The summed E-state index contributed by atoms with van der Waals surface area (Å²) in [6.07, 6.45) is 0. The van der Waals surface area contributed by atoms with E-state index >= 15 is 0 Å². The van der Waals surface area contributed by atoms with Crippen molar-refractivity contribution in [3.05, 3.63) is 199 Å². The topological polar surface area (TPSA) is 76.3 Å². The molecule has 0 saturated carbocycles. The van der Waals surface area contributed by atoms with Crippen molar-refractivity contribution in [3.8, 4) is 68.4 Å². The average Bonchev–Trinajstić information content (AvgIpc) is 3.60. The summed E-state index contributed by atoms with van der Waals surface area (Å²) in [6.45, 7) is 0. The molecule has 0 saturated heterocycles. The minimum atomic E-state index is 0.525. The summed E-state index contributed by atoms with van der Waals surface area (Å²) in [7, 11) is 0. The molecule has 0 N–H and O–H groups in total. The van der Waals surface area contributed by atoms with Crippen LogP contribution < -0.4 is 0 Å². The van der Waals surface area contributed by atoms with Gasteiger partial charge in [0.1, 0.15) is 6.07 Å². The third kappa shape index (κ3) is 5.51. The summed E-state index contributed by atoms with van der Waals surface area (Å²) < 4.78 is 2.06. The van der Waals surface area contributed by atoms with E-state index in [0.29, 0.717) is 16.7 Å². The molecule has 9 aromatic carbocycles. The zero-order valence-electron chi connectivity index (χ0n) is 30.6. The summed E-state index contributed by atoms with van der Waals surface area (Å²) in [5.41, 5.74) is 13.1. The van der Waals surface area contributed by atoms with E-state index in [1.807, 2.05) is 36.4 Å². The van der Waals surface area contributed by atoms with E-state index in [1.165, 1.54) is 38.2 Å². The van der Waals surface area contributed by atoms with Crippen molar-refractivity contribution in [1.29, 1.82) is 15.8 Å². The second kappa shape index (κ2) is 13.6. The van der Waals surface area contributed by atoms with E-state index in [2.05, 4.69) is 156 Å². The summed E-state index contributed by atoms with van der Waals surface area (Å²) in [6, 6.07) is 69.4. The molecule has 0 aliphatic heterocycles. The number of benzene rings is 9. The Balaban J connectivity index is 1.07. The highest BCUT2D eigenvalue weighted by Crippen LogP contribution is 2.44. The average molecular weight is 723 g/mol. The largest absolute Gasteiger partial charge is 0.308 e. The van der Waals surface area contributed by atoms with Gasteiger partial charge in [-0.15, -0.1) is 0 Å². The van der Waals surface area contributed by atoms with Gasteiger partial charge in [0.05, 0.1) is 45.5 Å². The van der Waals surface area contributed by atoms with Crippen molar-refractivity contribution in [2.75, 3.05) is 0 Å². The van der Waals surface area contributed by atoms with Gasteiger partial charge in [-0.05, 0) is 121 Å². The fraction of sp³-hybridized carbons (Fsp3) is 0. The van der Waals surface area contributed by atoms with Gasteiger partial charge in [0, 0.05) is 10.8 Å². The number of nitrogens with zero attached hydrogens (tertiary/aromatic N) is 4. The first kappa shape index (κ1) is 33.3. The SMILES string of the molecule is N#Cc1ccc2c(c1)c1cc(C#N)ccc1n2-c1cc(-c2ccc(-c3cccc(-c4c5ccccc5c(-c5ccccc5)c5ccccc45)c3)cc2)ccc1C#N. The fourth-order valence-electron chi connectivity index (χ4n) is 8.48. The van der Waals surface area contributed by atoms with Gasteiger partial charge in [0.2, 0.25) is 0 Å². The lowest BCUT2D eigenvalue weighted by atomic mass is 9.85. The van der Waals surface area contributed by atoms with Crippen LogP contribution in [0.2, 0.25) is 0 Å². The molecule has 10 aromatic rings. The molecular weight excluding hydrogens is 693 g/mol. The lowest BCUT2D eigenvalue weighted by Gasteiger charge is -2.18. The minimum absolute atomic E-state index is 0.525. The molecule has 0 amide bonds. The lowest BCUT2D eigenvalue weighted by molar-refractivity contribution is 1.17. The van der Waals surface area contributed by atoms with Crippen LogP contribution >= 0.6 is 0 Å². The van der Waals surface area contributed by atoms with Gasteiger partial charge in [0.25, 0.3) is 0 Å². The molecule has 0 aliphatic rings. The highest BCUT2D eigenvalue weighted by Gasteiger charge is 2.19. The van der Waals surface area contributed by atoms with Crippen LogP contribution in [0.1, 0.15) is 16.7 Å². The molecule has 0 unspecified atom stereocenters. The van der Waals surface area contributed by atoms with Gasteiger partial charge in [-0.25, -0.2) is 0 Å². The number of hydrogen-bond donors (Lipinski definition) is 0.